The van der Waals surface area contributed by atoms with Gasteiger partial charge in [-0.15, -0.1) is 0 Å². The SMILES string of the molecule is Cc1nn(-c2ccc(F)cc2F)c(C)c1C(=O)NCc1ccc(Cl)cc1Cl. The van der Waals surface area contributed by atoms with Gasteiger partial charge < -0.3 is 5.32 Å². The van der Waals surface area contributed by atoms with Crippen LogP contribution in [0.1, 0.15) is 27.3 Å². The topological polar surface area (TPSA) is 46.9 Å². The standard InChI is InChI=1S/C19H15Cl2F2N3O/c1-10-18(19(27)24-9-12-3-4-13(20)7-15(12)21)11(2)26(25-10)17-6-5-14(22)8-16(17)23/h3-8H,9H2,1-2H3,(H,24,27). The number of hydrogen-bond donors (Lipinski definition) is 1. The van der Waals surface area contributed by atoms with Gasteiger partial charge in [0.15, 0.2) is 5.82 Å². The molecule has 1 aromatic heterocycles. The smallest absolute Gasteiger partial charge is 0.255 e. The fourth-order valence-electron chi connectivity index (χ4n) is 2.79. The molecular formula is C19H15Cl2F2N3O. The van der Waals surface area contributed by atoms with Crippen LogP contribution in [-0.2, 0) is 6.54 Å². The second-order valence-corrected chi connectivity index (χ2v) is 6.82. The van der Waals surface area contributed by atoms with Crippen LogP contribution in [0.2, 0.25) is 10.0 Å². The van der Waals surface area contributed by atoms with Crippen LogP contribution < -0.4 is 5.32 Å². The molecule has 0 aliphatic carbocycles. The summed E-state index contributed by atoms with van der Waals surface area (Å²) in [6.07, 6.45) is 0. The fraction of sp³-hybridized carbons (Fsp3) is 0.158. The number of amides is 1. The van der Waals surface area contributed by atoms with Crippen molar-refractivity contribution in [3.8, 4) is 5.69 Å². The summed E-state index contributed by atoms with van der Waals surface area (Å²) < 4.78 is 28.5. The Morgan fingerprint density at radius 2 is 1.89 bits per heavy atom. The van der Waals surface area contributed by atoms with Crippen molar-refractivity contribution in [3.05, 3.63) is 80.6 Å². The molecule has 0 fully saturated rings. The molecule has 8 heteroatoms. The Morgan fingerprint density at radius 3 is 2.56 bits per heavy atom. The number of nitrogens with zero attached hydrogens (tertiary/aromatic N) is 2. The van der Waals surface area contributed by atoms with Crippen molar-refractivity contribution in [2.45, 2.75) is 20.4 Å². The van der Waals surface area contributed by atoms with Crippen molar-refractivity contribution in [3.63, 3.8) is 0 Å². The zero-order chi connectivity index (χ0) is 19.7. The van der Waals surface area contributed by atoms with E-state index in [0.717, 1.165) is 12.1 Å². The summed E-state index contributed by atoms with van der Waals surface area (Å²) in [5, 5.41) is 7.95. The Morgan fingerprint density at radius 1 is 1.15 bits per heavy atom. The molecule has 0 aliphatic rings. The van der Waals surface area contributed by atoms with Crippen LogP contribution in [0.5, 0.6) is 0 Å². The molecule has 0 saturated carbocycles. The van der Waals surface area contributed by atoms with Crippen LogP contribution in [0.15, 0.2) is 36.4 Å². The maximum Gasteiger partial charge on any atom is 0.255 e. The first-order chi connectivity index (χ1) is 12.8. The maximum atomic E-state index is 14.1. The van der Waals surface area contributed by atoms with Gasteiger partial charge in [0.2, 0.25) is 0 Å². The van der Waals surface area contributed by atoms with Crippen LogP contribution >= 0.6 is 23.2 Å². The number of nitrogens with one attached hydrogen (secondary N) is 1. The van der Waals surface area contributed by atoms with Crippen molar-refractivity contribution in [1.82, 2.24) is 15.1 Å². The number of rotatable bonds is 4. The summed E-state index contributed by atoms with van der Waals surface area (Å²) in [5.74, 6) is -1.82. The van der Waals surface area contributed by atoms with E-state index in [0.29, 0.717) is 32.6 Å². The summed E-state index contributed by atoms with van der Waals surface area (Å²) in [7, 11) is 0. The zero-order valence-corrected chi connectivity index (χ0v) is 16.0. The molecule has 1 N–H and O–H groups in total. The lowest BCUT2D eigenvalue weighted by molar-refractivity contribution is 0.0949. The lowest BCUT2D eigenvalue weighted by Gasteiger charge is -2.09. The largest absolute Gasteiger partial charge is 0.348 e. The molecule has 140 valence electrons. The van der Waals surface area contributed by atoms with Gasteiger partial charge in [-0.3, -0.25) is 4.79 Å². The van der Waals surface area contributed by atoms with E-state index < -0.39 is 11.6 Å². The third-order valence-corrected chi connectivity index (χ3v) is 4.70. The second-order valence-electron chi connectivity index (χ2n) is 5.97. The summed E-state index contributed by atoms with van der Waals surface area (Å²) in [5.41, 5.74) is 1.97. The van der Waals surface area contributed by atoms with E-state index in [1.807, 2.05) is 0 Å². The van der Waals surface area contributed by atoms with Gasteiger partial charge in [-0.1, -0.05) is 29.3 Å². The molecule has 1 heterocycles. The van der Waals surface area contributed by atoms with E-state index in [4.69, 9.17) is 23.2 Å². The Bertz CT molecular complexity index is 1030. The Kier molecular flexibility index (Phi) is 5.48. The normalized spacial score (nSPS) is 10.9. The first-order valence-electron chi connectivity index (χ1n) is 8.01. The number of aromatic nitrogens is 2. The van der Waals surface area contributed by atoms with Crippen LogP contribution in [0.3, 0.4) is 0 Å². The molecule has 4 nitrogen and oxygen atoms in total. The van der Waals surface area contributed by atoms with Crippen LogP contribution in [0.25, 0.3) is 5.69 Å². The summed E-state index contributed by atoms with van der Waals surface area (Å²) in [6, 6.07) is 8.18. The molecule has 3 rings (SSSR count). The number of benzene rings is 2. The van der Waals surface area contributed by atoms with E-state index in [1.54, 1.807) is 32.0 Å². The quantitative estimate of drug-likeness (QED) is 0.658. The summed E-state index contributed by atoms with van der Waals surface area (Å²) in [4.78, 5) is 12.6. The monoisotopic (exact) mass is 409 g/mol. The Balaban J connectivity index is 1.86. The molecule has 0 spiro atoms. The van der Waals surface area contributed by atoms with Crippen molar-refractivity contribution >= 4 is 29.1 Å². The predicted octanol–water partition coefficient (Wildman–Crippen LogP) is 5.00. The second kappa shape index (κ2) is 7.66. The highest BCUT2D eigenvalue weighted by molar-refractivity contribution is 6.35. The number of carbonyl (C=O) groups excluding carboxylic acids is 1. The van der Waals surface area contributed by atoms with Gasteiger partial charge in [0.05, 0.1) is 17.0 Å². The Labute approximate surface area is 164 Å². The number of halogens is 4. The molecule has 0 unspecified atom stereocenters. The van der Waals surface area contributed by atoms with Gasteiger partial charge >= 0.3 is 0 Å². The highest BCUT2D eigenvalue weighted by atomic mass is 35.5. The minimum atomic E-state index is -0.763. The molecule has 0 saturated heterocycles. The van der Waals surface area contributed by atoms with Gasteiger partial charge in [-0.2, -0.15) is 5.10 Å². The van der Waals surface area contributed by atoms with Crippen molar-refractivity contribution < 1.29 is 13.6 Å². The van der Waals surface area contributed by atoms with Gasteiger partial charge in [-0.05, 0) is 43.7 Å². The summed E-state index contributed by atoms with van der Waals surface area (Å²) >= 11 is 12.0. The van der Waals surface area contributed by atoms with Crippen LogP contribution in [-0.4, -0.2) is 15.7 Å². The third kappa shape index (κ3) is 3.96. The molecule has 27 heavy (non-hydrogen) atoms. The van der Waals surface area contributed by atoms with Gasteiger partial charge in [0.1, 0.15) is 11.5 Å². The minimum absolute atomic E-state index is 0.0665. The van der Waals surface area contributed by atoms with Gasteiger partial charge in [-0.25, -0.2) is 13.5 Å². The molecule has 1 amide bonds. The van der Waals surface area contributed by atoms with E-state index in [9.17, 15) is 13.6 Å². The highest BCUT2D eigenvalue weighted by Gasteiger charge is 2.21. The van der Waals surface area contributed by atoms with Crippen LogP contribution in [0.4, 0.5) is 8.78 Å². The van der Waals surface area contributed by atoms with E-state index in [-0.39, 0.29) is 18.1 Å². The van der Waals surface area contributed by atoms with E-state index in [2.05, 4.69) is 10.4 Å². The fourth-order valence-corrected chi connectivity index (χ4v) is 3.26. The number of carbonyl (C=O) groups is 1. The average molecular weight is 410 g/mol. The van der Waals surface area contributed by atoms with Gasteiger partial charge in [0, 0.05) is 22.7 Å². The molecular weight excluding hydrogens is 395 g/mol. The molecule has 0 bridgehead atoms. The molecule has 2 aromatic carbocycles. The predicted molar refractivity (Wildman–Crippen MR) is 101 cm³/mol. The Hall–Kier alpha value is -2.44. The molecule has 3 aromatic rings. The lowest BCUT2D eigenvalue weighted by atomic mass is 10.1. The number of hydrogen-bond acceptors (Lipinski definition) is 2. The molecule has 0 radical (unpaired) electrons. The highest BCUT2D eigenvalue weighted by Crippen LogP contribution is 2.23. The van der Waals surface area contributed by atoms with Crippen LogP contribution in [0, 0.1) is 25.5 Å². The first kappa shape index (κ1) is 19.3. The first-order valence-corrected chi connectivity index (χ1v) is 8.77. The van der Waals surface area contributed by atoms with E-state index in [1.165, 1.54) is 10.7 Å². The molecule has 0 aliphatic heterocycles. The molecule has 0 atom stereocenters. The van der Waals surface area contributed by atoms with Crippen molar-refractivity contribution in [2.24, 2.45) is 0 Å². The van der Waals surface area contributed by atoms with E-state index >= 15 is 0 Å². The maximum absolute atomic E-state index is 14.1. The van der Waals surface area contributed by atoms with Gasteiger partial charge in [0.25, 0.3) is 5.91 Å². The number of aryl methyl sites for hydroxylation is 1. The lowest BCUT2D eigenvalue weighted by Crippen LogP contribution is -2.24. The van der Waals surface area contributed by atoms with Crippen molar-refractivity contribution in [2.75, 3.05) is 0 Å². The van der Waals surface area contributed by atoms with Crippen molar-refractivity contribution in [1.29, 1.82) is 0 Å². The zero-order valence-electron chi connectivity index (χ0n) is 14.5. The third-order valence-electron chi connectivity index (χ3n) is 4.11. The summed E-state index contributed by atoms with van der Waals surface area (Å²) in [6.45, 7) is 3.49. The minimum Gasteiger partial charge on any atom is -0.348 e. The average Bonchev–Trinajstić information content (AvgIpc) is 2.88.